The number of nitrogens with zero attached hydrogens (tertiary/aromatic N) is 4. The first-order valence-electron chi connectivity index (χ1n) is 7.69. The van der Waals surface area contributed by atoms with Crippen LogP contribution in [0, 0.1) is 6.92 Å². The van der Waals surface area contributed by atoms with Gasteiger partial charge in [0.25, 0.3) is 0 Å². The fraction of sp³-hybridized carbons (Fsp3) is 0.467. The molecule has 0 radical (unpaired) electrons. The number of morpholine rings is 1. The predicted molar refractivity (Wildman–Crippen MR) is 89.3 cm³/mol. The van der Waals surface area contributed by atoms with Crippen LogP contribution in [0.25, 0.3) is 0 Å². The largest absolute Gasteiger partial charge is 0.367 e. The Kier molecular flexibility index (Phi) is 4.91. The summed E-state index contributed by atoms with van der Waals surface area (Å²) in [7, 11) is -3.70. The first kappa shape index (κ1) is 17.3. The molecule has 9 heteroatoms. The minimum atomic E-state index is -3.70. The average molecular weight is 371 g/mol. The Hall–Kier alpha value is -1.48. The van der Waals surface area contributed by atoms with E-state index < -0.39 is 16.1 Å². The maximum atomic E-state index is 13.0. The van der Waals surface area contributed by atoms with Crippen molar-refractivity contribution in [3.63, 3.8) is 0 Å². The highest BCUT2D eigenvalue weighted by molar-refractivity contribution is 7.89. The normalized spacial score (nSPS) is 19.5. The Morgan fingerprint density at radius 1 is 1.42 bits per heavy atom. The Morgan fingerprint density at radius 2 is 2.21 bits per heavy atom. The van der Waals surface area contributed by atoms with Crippen molar-refractivity contribution in [3.8, 4) is 0 Å². The molecule has 130 valence electrons. The molecule has 0 spiro atoms. The van der Waals surface area contributed by atoms with Gasteiger partial charge in [0, 0.05) is 19.6 Å². The van der Waals surface area contributed by atoms with Gasteiger partial charge in [0.15, 0.2) is 5.82 Å². The number of rotatable bonds is 4. The van der Waals surface area contributed by atoms with Gasteiger partial charge in [-0.3, -0.25) is 0 Å². The van der Waals surface area contributed by atoms with Crippen LogP contribution >= 0.6 is 11.6 Å². The van der Waals surface area contributed by atoms with Crippen molar-refractivity contribution in [1.29, 1.82) is 0 Å². The Labute approximate surface area is 146 Å². The van der Waals surface area contributed by atoms with Crippen molar-refractivity contribution < 1.29 is 13.2 Å². The van der Waals surface area contributed by atoms with E-state index in [1.54, 1.807) is 31.5 Å². The number of aryl methyl sites for hydroxylation is 2. The second kappa shape index (κ2) is 6.79. The van der Waals surface area contributed by atoms with Gasteiger partial charge in [-0.25, -0.2) is 8.42 Å². The lowest BCUT2D eigenvalue weighted by molar-refractivity contribution is -0.00951. The Balaban J connectivity index is 1.92. The maximum absolute atomic E-state index is 13.0. The van der Waals surface area contributed by atoms with Crippen LogP contribution in [-0.4, -0.2) is 47.2 Å². The fourth-order valence-electron chi connectivity index (χ4n) is 2.83. The summed E-state index contributed by atoms with van der Waals surface area (Å²) in [4.78, 5) is 0.157. The summed E-state index contributed by atoms with van der Waals surface area (Å²) in [5.74, 6) is 0.633. The van der Waals surface area contributed by atoms with Crippen LogP contribution in [0.1, 0.15) is 24.4 Å². The smallest absolute Gasteiger partial charge is 0.245 e. The third kappa shape index (κ3) is 3.06. The van der Waals surface area contributed by atoms with E-state index in [0.717, 1.165) is 0 Å². The molecule has 3 rings (SSSR count). The Morgan fingerprint density at radius 3 is 2.92 bits per heavy atom. The van der Waals surface area contributed by atoms with E-state index in [4.69, 9.17) is 16.3 Å². The highest BCUT2D eigenvalue weighted by Gasteiger charge is 2.35. The molecule has 0 saturated carbocycles. The van der Waals surface area contributed by atoms with E-state index in [2.05, 4.69) is 10.2 Å². The van der Waals surface area contributed by atoms with Gasteiger partial charge in [-0.15, -0.1) is 10.2 Å². The lowest BCUT2D eigenvalue weighted by atomic mass is 10.2. The van der Waals surface area contributed by atoms with Crippen LogP contribution < -0.4 is 0 Å². The molecule has 1 fully saturated rings. The second-order valence-corrected chi connectivity index (χ2v) is 7.87. The van der Waals surface area contributed by atoms with Crippen LogP contribution in [-0.2, 0) is 21.3 Å². The number of ether oxygens (including phenoxy) is 1. The van der Waals surface area contributed by atoms with E-state index >= 15 is 0 Å². The minimum Gasteiger partial charge on any atom is -0.367 e. The number of hydrogen-bond acceptors (Lipinski definition) is 5. The van der Waals surface area contributed by atoms with E-state index in [9.17, 15) is 8.42 Å². The molecule has 1 aromatic heterocycles. The zero-order chi connectivity index (χ0) is 17.3. The number of hydrogen-bond donors (Lipinski definition) is 0. The van der Waals surface area contributed by atoms with Gasteiger partial charge >= 0.3 is 0 Å². The number of benzene rings is 1. The molecule has 1 atom stereocenters. The van der Waals surface area contributed by atoms with Crippen molar-refractivity contribution in [1.82, 2.24) is 19.1 Å². The van der Waals surface area contributed by atoms with Crippen LogP contribution in [0.5, 0.6) is 0 Å². The van der Waals surface area contributed by atoms with Gasteiger partial charge in [-0.1, -0.05) is 23.7 Å². The predicted octanol–water partition coefficient (Wildman–Crippen LogP) is 2.02. The average Bonchev–Trinajstić information content (AvgIpc) is 3.03. The molecular formula is C15H19ClN4O3S. The van der Waals surface area contributed by atoms with Gasteiger partial charge in [0.1, 0.15) is 17.3 Å². The van der Waals surface area contributed by atoms with Crippen molar-refractivity contribution in [3.05, 3.63) is 40.9 Å². The minimum absolute atomic E-state index is 0.157. The van der Waals surface area contributed by atoms with Gasteiger partial charge in [-0.05, 0) is 25.5 Å². The number of halogens is 1. The van der Waals surface area contributed by atoms with Gasteiger partial charge in [-0.2, -0.15) is 4.31 Å². The molecule has 0 N–H and O–H groups in total. The SMILES string of the molecule is CCn1cnnc1C1CN(S(=O)(=O)c2c(C)cccc2Cl)CCO1. The quantitative estimate of drug-likeness (QED) is 0.822. The van der Waals surface area contributed by atoms with Crippen LogP contribution in [0.4, 0.5) is 0 Å². The molecule has 1 saturated heterocycles. The topological polar surface area (TPSA) is 77.3 Å². The molecular weight excluding hydrogens is 352 g/mol. The lowest BCUT2D eigenvalue weighted by Gasteiger charge is -2.32. The van der Waals surface area contributed by atoms with E-state index in [-0.39, 0.29) is 23.0 Å². The van der Waals surface area contributed by atoms with Crippen molar-refractivity contribution in [2.45, 2.75) is 31.4 Å². The molecule has 0 aliphatic carbocycles. The van der Waals surface area contributed by atoms with E-state index in [1.807, 2.05) is 11.5 Å². The first-order valence-corrected chi connectivity index (χ1v) is 9.51. The summed E-state index contributed by atoms with van der Waals surface area (Å²) in [5, 5.41) is 8.19. The monoisotopic (exact) mass is 370 g/mol. The highest BCUT2D eigenvalue weighted by atomic mass is 35.5. The second-order valence-electron chi connectivity index (χ2n) is 5.58. The summed E-state index contributed by atoms with van der Waals surface area (Å²) in [6, 6.07) is 5.07. The van der Waals surface area contributed by atoms with Crippen molar-refractivity contribution in [2.75, 3.05) is 19.7 Å². The van der Waals surface area contributed by atoms with Crippen LogP contribution in [0.2, 0.25) is 5.02 Å². The zero-order valence-electron chi connectivity index (χ0n) is 13.5. The van der Waals surface area contributed by atoms with Crippen molar-refractivity contribution in [2.24, 2.45) is 0 Å². The summed E-state index contributed by atoms with van der Waals surface area (Å²) < 4.78 is 35.1. The van der Waals surface area contributed by atoms with Crippen LogP contribution in [0.3, 0.4) is 0 Å². The molecule has 0 amide bonds. The maximum Gasteiger partial charge on any atom is 0.245 e. The lowest BCUT2D eigenvalue weighted by Crippen LogP contribution is -2.43. The van der Waals surface area contributed by atoms with Crippen molar-refractivity contribution >= 4 is 21.6 Å². The fourth-order valence-corrected chi connectivity index (χ4v) is 5.04. The highest BCUT2D eigenvalue weighted by Crippen LogP contribution is 2.31. The van der Waals surface area contributed by atoms with E-state index in [0.29, 0.717) is 24.5 Å². The molecule has 24 heavy (non-hydrogen) atoms. The number of sulfonamides is 1. The molecule has 1 aromatic carbocycles. The first-order chi connectivity index (χ1) is 11.4. The van der Waals surface area contributed by atoms with Crippen LogP contribution in [0.15, 0.2) is 29.4 Å². The molecule has 0 bridgehead atoms. The molecule has 1 aliphatic heterocycles. The van der Waals surface area contributed by atoms with Gasteiger partial charge < -0.3 is 9.30 Å². The van der Waals surface area contributed by atoms with Gasteiger partial charge in [0.2, 0.25) is 10.0 Å². The summed E-state index contributed by atoms with van der Waals surface area (Å²) >= 11 is 6.15. The Bertz CT molecular complexity index is 817. The number of aromatic nitrogens is 3. The zero-order valence-corrected chi connectivity index (χ0v) is 15.1. The summed E-state index contributed by atoms with van der Waals surface area (Å²) in [6.07, 6.45) is 1.17. The standard InChI is InChI=1S/C15H19ClN4O3S/c1-3-19-10-17-18-15(19)13-9-20(7-8-23-13)24(21,22)14-11(2)5-4-6-12(14)16/h4-6,10,13H,3,7-9H2,1-2H3. The molecule has 2 heterocycles. The van der Waals surface area contributed by atoms with Gasteiger partial charge in [0.05, 0.1) is 11.6 Å². The third-order valence-corrected chi connectivity index (χ3v) is 6.56. The molecule has 2 aromatic rings. The molecule has 1 unspecified atom stereocenters. The molecule has 1 aliphatic rings. The third-order valence-electron chi connectivity index (χ3n) is 4.07. The summed E-state index contributed by atoms with van der Waals surface area (Å²) in [5.41, 5.74) is 0.627. The van der Waals surface area contributed by atoms with E-state index in [1.165, 1.54) is 4.31 Å². The summed E-state index contributed by atoms with van der Waals surface area (Å²) in [6.45, 7) is 5.17. The molecule has 7 nitrogen and oxygen atoms in total.